The molecule has 2 atom stereocenters. The minimum absolute atomic E-state index is 0.231. The summed E-state index contributed by atoms with van der Waals surface area (Å²) in [6.07, 6.45) is 12.9. The van der Waals surface area contributed by atoms with Crippen molar-refractivity contribution in [3.8, 4) is 0 Å². The first-order valence-electron chi connectivity index (χ1n) is 10.7. The minimum Gasteiger partial charge on any atom is -0.349 e. The molecular formula is C26H39N3. The summed E-state index contributed by atoms with van der Waals surface area (Å²) in [7, 11) is 2.10. The molecule has 3 heteroatoms. The van der Waals surface area contributed by atoms with Gasteiger partial charge in [-0.3, -0.25) is 4.99 Å². The van der Waals surface area contributed by atoms with E-state index in [-0.39, 0.29) is 6.04 Å². The van der Waals surface area contributed by atoms with Crippen molar-refractivity contribution in [2.24, 2.45) is 10.9 Å². The van der Waals surface area contributed by atoms with Crippen LogP contribution in [0.2, 0.25) is 0 Å². The highest BCUT2D eigenvalue weighted by Gasteiger charge is 2.30. The number of allylic oxidation sites excluding steroid dienone is 6. The second kappa shape index (κ2) is 13.6. The van der Waals surface area contributed by atoms with Crippen LogP contribution in [0.4, 0.5) is 0 Å². The summed E-state index contributed by atoms with van der Waals surface area (Å²) in [4.78, 5) is 7.08. The molecule has 0 fully saturated rings. The summed E-state index contributed by atoms with van der Waals surface area (Å²) in [6, 6.07) is 10.8. The van der Waals surface area contributed by atoms with E-state index in [0.717, 1.165) is 19.0 Å². The molecule has 1 aliphatic rings. The Morgan fingerprint density at radius 1 is 1.14 bits per heavy atom. The number of rotatable bonds is 6. The second-order valence-electron chi connectivity index (χ2n) is 6.96. The van der Waals surface area contributed by atoms with Crippen molar-refractivity contribution in [1.82, 2.24) is 10.2 Å². The van der Waals surface area contributed by atoms with Crippen LogP contribution in [0.3, 0.4) is 0 Å². The van der Waals surface area contributed by atoms with E-state index in [1.54, 1.807) is 0 Å². The molecule has 1 heterocycles. The van der Waals surface area contributed by atoms with Gasteiger partial charge in [0.1, 0.15) is 0 Å². The maximum atomic E-state index is 4.88. The second-order valence-corrected chi connectivity index (χ2v) is 6.96. The zero-order valence-electron chi connectivity index (χ0n) is 19.3. The van der Waals surface area contributed by atoms with Gasteiger partial charge in [0.25, 0.3) is 0 Å². The van der Waals surface area contributed by atoms with E-state index in [9.17, 15) is 0 Å². The lowest BCUT2D eigenvalue weighted by molar-refractivity contribution is 0.410. The van der Waals surface area contributed by atoms with E-state index < -0.39 is 0 Å². The molecular weight excluding hydrogens is 354 g/mol. The molecule has 0 bridgehead atoms. The summed E-state index contributed by atoms with van der Waals surface area (Å²) in [5.41, 5.74) is 3.94. The molecule has 0 aliphatic carbocycles. The van der Waals surface area contributed by atoms with Crippen molar-refractivity contribution >= 4 is 5.96 Å². The predicted molar refractivity (Wildman–Crippen MR) is 129 cm³/mol. The highest BCUT2D eigenvalue weighted by atomic mass is 15.3. The maximum absolute atomic E-state index is 4.88. The van der Waals surface area contributed by atoms with Crippen molar-refractivity contribution in [1.29, 1.82) is 0 Å². The molecule has 29 heavy (non-hydrogen) atoms. The lowest BCUT2D eigenvalue weighted by Gasteiger charge is -2.37. The Labute approximate surface area is 178 Å². The molecule has 1 aromatic carbocycles. The molecule has 0 saturated carbocycles. The van der Waals surface area contributed by atoms with Gasteiger partial charge in [0.2, 0.25) is 0 Å². The number of hydrogen-bond donors (Lipinski definition) is 1. The highest BCUT2D eigenvalue weighted by molar-refractivity contribution is 5.81. The quantitative estimate of drug-likeness (QED) is 0.588. The third-order valence-electron chi connectivity index (χ3n) is 4.91. The van der Waals surface area contributed by atoms with Gasteiger partial charge in [0, 0.05) is 19.5 Å². The van der Waals surface area contributed by atoms with Gasteiger partial charge in [-0.15, -0.1) is 0 Å². The van der Waals surface area contributed by atoms with E-state index >= 15 is 0 Å². The SMILES string of the molecule is C/C=C\C=C(/C)[C@H]1NC(N(C)Cc2ccccc2)=NC[C@H]1C(/C=C\C)=C/C.CC. The van der Waals surface area contributed by atoms with Crippen LogP contribution in [-0.2, 0) is 6.54 Å². The Bertz CT molecular complexity index is 738. The van der Waals surface area contributed by atoms with Crippen molar-refractivity contribution in [2.45, 2.75) is 54.1 Å². The molecule has 1 aliphatic heterocycles. The largest absolute Gasteiger partial charge is 0.349 e. The smallest absolute Gasteiger partial charge is 0.194 e. The zero-order valence-corrected chi connectivity index (χ0v) is 19.3. The lowest BCUT2D eigenvalue weighted by Crippen LogP contribution is -2.52. The summed E-state index contributed by atoms with van der Waals surface area (Å²) in [5.74, 6) is 1.30. The number of guanidine groups is 1. The third kappa shape index (κ3) is 7.41. The van der Waals surface area contributed by atoms with Gasteiger partial charge in [0.15, 0.2) is 5.96 Å². The van der Waals surface area contributed by atoms with Gasteiger partial charge in [-0.05, 0) is 38.8 Å². The zero-order chi connectivity index (χ0) is 21.6. The standard InChI is InChI=1S/C24H33N3.C2H6/c1-6-9-14-19(4)23-22(21(8-3)13-7-2)17-25-24(26-23)27(5)18-20-15-11-10-12-16-20;1-2/h6-16,22-23H,17-18H2,1-5H3,(H,25,26);1-2H3/b9-6-,13-7-,19-14+,21-8+;/t22-,23+;/m0./s1. The molecule has 0 radical (unpaired) electrons. The fraction of sp³-hybridized carbons (Fsp3) is 0.423. The van der Waals surface area contributed by atoms with Crippen molar-refractivity contribution in [3.05, 3.63) is 83.5 Å². The van der Waals surface area contributed by atoms with Crippen LogP contribution in [0, 0.1) is 5.92 Å². The Balaban J connectivity index is 0.00000204. The lowest BCUT2D eigenvalue weighted by atomic mass is 9.85. The molecule has 0 unspecified atom stereocenters. The van der Waals surface area contributed by atoms with Crippen LogP contribution in [0.25, 0.3) is 0 Å². The van der Waals surface area contributed by atoms with Crippen molar-refractivity contribution in [3.63, 3.8) is 0 Å². The number of aliphatic imine (C=N–C) groups is 1. The first kappa shape index (κ1) is 24.5. The molecule has 0 saturated heterocycles. The van der Waals surface area contributed by atoms with Crippen molar-refractivity contribution in [2.75, 3.05) is 13.6 Å². The molecule has 1 N–H and O–H groups in total. The van der Waals surface area contributed by atoms with Crippen LogP contribution >= 0.6 is 0 Å². The first-order valence-corrected chi connectivity index (χ1v) is 10.7. The Kier molecular flexibility index (Phi) is 11.5. The summed E-state index contributed by atoms with van der Waals surface area (Å²) < 4.78 is 0. The molecule has 3 nitrogen and oxygen atoms in total. The molecule has 0 aromatic heterocycles. The number of benzene rings is 1. The van der Waals surface area contributed by atoms with E-state index in [1.807, 2.05) is 20.8 Å². The van der Waals surface area contributed by atoms with Gasteiger partial charge in [0.05, 0.1) is 12.6 Å². The molecule has 1 aromatic rings. The van der Waals surface area contributed by atoms with Gasteiger partial charge in [-0.25, -0.2) is 0 Å². The molecule has 0 spiro atoms. The highest BCUT2D eigenvalue weighted by Crippen LogP contribution is 2.26. The monoisotopic (exact) mass is 393 g/mol. The molecule has 2 rings (SSSR count). The predicted octanol–water partition coefficient (Wildman–Crippen LogP) is 6.13. The summed E-state index contributed by atoms with van der Waals surface area (Å²) in [6.45, 7) is 14.1. The van der Waals surface area contributed by atoms with Gasteiger partial charge < -0.3 is 10.2 Å². The normalized spacial score (nSPS) is 20.2. The Morgan fingerprint density at radius 3 is 2.41 bits per heavy atom. The van der Waals surface area contributed by atoms with E-state index in [0.29, 0.717) is 5.92 Å². The van der Waals surface area contributed by atoms with Crippen LogP contribution in [-0.4, -0.2) is 30.5 Å². The van der Waals surface area contributed by atoms with E-state index in [2.05, 4.69) is 105 Å². The Hall–Kier alpha value is -2.55. The summed E-state index contributed by atoms with van der Waals surface area (Å²) >= 11 is 0. The minimum atomic E-state index is 0.231. The van der Waals surface area contributed by atoms with Crippen LogP contribution in [0.5, 0.6) is 0 Å². The van der Waals surface area contributed by atoms with Crippen LogP contribution in [0.15, 0.2) is 82.9 Å². The average molecular weight is 394 g/mol. The first-order chi connectivity index (χ1) is 14.1. The van der Waals surface area contributed by atoms with Crippen molar-refractivity contribution < 1.29 is 0 Å². The Morgan fingerprint density at radius 2 is 1.83 bits per heavy atom. The van der Waals surface area contributed by atoms with E-state index in [4.69, 9.17) is 4.99 Å². The third-order valence-corrected chi connectivity index (χ3v) is 4.91. The van der Waals surface area contributed by atoms with Crippen LogP contribution < -0.4 is 5.32 Å². The fourth-order valence-electron chi connectivity index (χ4n) is 3.45. The number of nitrogens with zero attached hydrogens (tertiary/aromatic N) is 2. The number of hydrogen-bond acceptors (Lipinski definition) is 3. The molecule has 158 valence electrons. The van der Waals surface area contributed by atoms with Gasteiger partial charge in [-0.2, -0.15) is 0 Å². The van der Waals surface area contributed by atoms with Crippen LogP contribution in [0.1, 0.15) is 47.1 Å². The maximum Gasteiger partial charge on any atom is 0.194 e. The number of nitrogens with one attached hydrogen (secondary N) is 1. The average Bonchev–Trinajstić information content (AvgIpc) is 2.77. The van der Waals surface area contributed by atoms with E-state index in [1.165, 1.54) is 16.7 Å². The van der Waals surface area contributed by atoms with Gasteiger partial charge >= 0.3 is 0 Å². The fourth-order valence-corrected chi connectivity index (χ4v) is 3.45. The molecule has 0 amide bonds. The summed E-state index contributed by atoms with van der Waals surface area (Å²) in [5, 5.41) is 3.70. The topological polar surface area (TPSA) is 27.6 Å². The van der Waals surface area contributed by atoms with Gasteiger partial charge in [-0.1, -0.05) is 86.2 Å².